The summed E-state index contributed by atoms with van der Waals surface area (Å²) in [6.45, 7) is 1.74. The lowest BCUT2D eigenvalue weighted by atomic mass is 10.1. The van der Waals surface area contributed by atoms with Gasteiger partial charge in [-0.3, -0.25) is 0 Å². The van der Waals surface area contributed by atoms with E-state index in [0.29, 0.717) is 11.0 Å². The molecule has 0 aliphatic heterocycles. The monoisotopic (exact) mass is 349 g/mol. The van der Waals surface area contributed by atoms with Crippen molar-refractivity contribution in [2.24, 2.45) is 0 Å². The maximum absolute atomic E-state index is 13.1. The van der Waals surface area contributed by atoms with Crippen molar-refractivity contribution in [2.75, 3.05) is 0 Å². The highest BCUT2D eigenvalue weighted by Crippen LogP contribution is 2.38. The molecule has 0 saturated carbocycles. The van der Waals surface area contributed by atoms with Crippen molar-refractivity contribution in [3.63, 3.8) is 0 Å². The second kappa shape index (κ2) is 5.53. The van der Waals surface area contributed by atoms with Crippen LogP contribution in [0, 0.1) is 0 Å². The standard InChI is InChI=1S/C12H11BrF3N3O/c1-2-19-10(6-20)17-18-11(19)8-4-3-7(13)5-9(8)12(14,15)16/h3-5,20H,2,6H2,1H3. The number of halogens is 4. The minimum Gasteiger partial charge on any atom is -0.388 e. The predicted octanol–water partition coefficient (Wildman–Crippen LogP) is 3.24. The lowest BCUT2D eigenvalue weighted by Crippen LogP contribution is -2.10. The molecule has 1 N–H and O–H groups in total. The molecule has 2 aromatic rings. The lowest BCUT2D eigenvalue weighted by molar-refractivity contribution is -0.137. The van der Waals surface area contributed by atoms with Crippen LogP contribution < -0.4 is 0 Å². The number of rotatable bonds is 3. The molecule has 108 valence electrons. The van der Waals surface area contributed by atoms with Crippen LogP contribution in [0.3, 0.4) is 0 Å². The average molecular weight is 350 g/mol. The number of hydrogen-bond acceptors (Lipinski definition) is 3. The highest BCUT2D eigenvalue weighted by Gasteiger charge is 2.35. The SMILES string of the molecule is CCn1c(CO)nnc1-c1ccc(Br)cc1C(F)(F)F. The average Bonchev–Trinajstić information content (AvgIpc) is 2.80. The number of aromatic nitrogens is 3. The number of aliphatic hydroxyl groups is 1. The molecular weight excluding hydrogens is 339 g/mol. The lowest BCUT2D eigenvalue weighted by Gasteiger charge is -2.14. The van der Waals surface area contributed by atoms with Crippen LogP contribution in [0.25, 0.3) is 11.4 Å². The normalized spacial score (nSPS) is 11.9. The van der Waals surface area contributed by atoms with Gasteiger partial charge in [0, 0.05) is 16.6 Å². The molecule has 1 aromatic heterocycles. The molecule has 4 nitrogen and oxygen atoms in total. The van der Waals surface area contributed by atoms with Gasteiger partial charge >= 0.3 is 6.18 Å². The number of hydrogen-bond donors (Lipinski definition) is 1. The molecule has 0 fully saturated rings. The first-order chi connectivity index (χ1) is 9.38. The molecule has 0 saturated heterocycles. The van der Waals surface area contributed by atoms with Crippen molar-refractivity contribution in [1.82, 2.24) is 14.8 Å². The van der Waals surface area contributed by atoms with E-state index in [9.17, 15) is 13.2 Å². The van der Waals surface area contributed by atoms with Gasteiger partial charge < -0.3 is 9.67 Å². The first-order valence-electron chi connectivity index (χ1n) is 5.78. The Bertz CT molecular complexity index is 625. The summed E-state index contributed by atoms with van der Waals surface area (Å²) in [7, 11) is 0. The zero-order valence-corrected chi connectivity index (χ0v) is 12.0. The van der Waals surface area contributed by atoms with Crippen molar-refractivity contribution in [3.8, 4) is 11.4 Å². The summed E-state index contributed by atoms with van der Waals surface area (Å²) >= 11 is 3.03. The van der Waals surface area contributed by atoms with Crippen LogP contribution in [-0.2, 0) is 19.3 Å². The number of nitrogens with zero attached hydrogens (tertiary/aromatic N) is 3. The van der Waals surface area contributed by atoms with Gasteiger partial charge in [-0.1, -0.05) is 15.9 Å². The smallest absolute Gasteiger partial charge is 0.388 e. The topological polar surface area (TPSA) is 50.9 Å². The van der Waals surface area contributed by atoms with Gasteiger partial charge in [-0.25, -0.2) is 0 Å². The van der Waals surface area contributed by atoms with E-state index in [1.165, 1.54) is 16.7 Å². The molecule has 0 bridgehead atoms. The summed E-state index contributed by atoms with van der Waals surface area (Å²) in [5, 5.41) is 16.6. The molecular formula is C12H11BrF3N3O. The molecule has 8 heteroatoms. The second-order valence-corrected chi connectivity index (χ2v) is 4.95. The van der Waals surface area contributed by atoms with Gasteiger partial charge in [-0.05, 0) is 25.1 Å². The molecule has 1 heterocycles. The Morgan fingerprint density at radius 2 is 2.00 bits per heavy atom. The van der Waals surface area contributed by atoms with E-state index in [-0.39, 0.29) is 23.8 Å². The summed E-state index contributed by atoms with van der Waals surface area (Å²) in [6, 6.07) is 3.85. The molecule has 0 radical (unpaired) electrons. The maximum Gasteiger partial charge on any atom is 0.417 e. The van der Waals surface area contributed by atoms with Gasteiger partial charge in [0.1, 0.15) is 6.61 Å². The second-order valence-electron chi connectivity index (χ2n) is 4.03. The fourth-order valence-electron chi connectivity index (χ4n) is 1.93. The van der Waals surface area contributed by atoms with Crippen molar-refractivity contribution < 1.29 is 18.3 Å². The first kappa shape index (κ1) is 15.0. The van der Waals surface area contributed by atoms with Gasteiger partial charge in [0.25, 0.3) is 0 Å². The van der Waals surface area contributed by atoms with E-state index < -0.39 is 11.7 Å². The molecule has 1 aromatic carbocycles. The van der Waals surface area contributed by atoms with Gasteiger partial charge in [0.15, 0.2) is 11.6 Å². The van der Waals surface area contributed by atoms with Crippen molar-refractivity contribution >= 4 is 15.9 Å². The van der Waals surface area contributed by atoms with Crippen LogP contribution in [0.2, 0.25) is 0 Å². The summed E-state index contributed by atoms with van der Waals surface area (Å²) in [5.74, 6) is 0.329. The largest absolute Gasteiger partial charge is 0.417 e. The maximum atomic E-state index is 13.1. The molecule has 0 aliphatic rings. The Labute approximate surface area is 121 Å². The van der Waals surface area contributed by atoms with E-state index in [2.05, 4.69) is 26.1 Å². The fourth-order valence-corrected chi connectivity index (χ4v) is 2.29. The Kier molecular flexibility index (Phi) is 4.14. The van der Waals surface area contributed by atoms with Crippen LogP contribution in [0.1, 0.15) is 18.3 Å². The third-order valence-corrected chi connectivity index (χ3v) is 3.31. The Hall–Kier alpha value is -1.41. The quantitative estimate of drug-likeness (QED) is 0.925. The molecule has 0 spiro atoms. The molecule has 0 atom stereocenters. The Morgan fingerprint density at radius 1 is 1.30 bits per heavy atom. The summed E-state index contributed by atoms with van der Waals surface area (Å²) in [5.41, 5.74) is -0.854. The van der Waals surface area contributed by atoms with Gasteiger partial charge in [-0.2, -0.15) is 13.2 Å². The Balaban J connectivity index is 2.67. The number of benzene rings is 1. The summed E-state index contributed by atoms with van der Waals surface area (Å²) in [4.78, 5) is 0. The van der Waals surface area contributed by atoms with E-state index in [0.717, 1.165) is 6.07 Å². The van der Waals surface area contributed by atoms with Gasteiger partial charge in [-0.15, -0.1) is 10.2 Å². The molecule has 0 aliphatic carbocycles. The molecule has 0 amide bonds. The van der Waals surface area contributed by atoms with Crippen LogP contribution >= 0.6 is 15.9 Å². The number of alkyl halides is 3. The number of aliphatic hydroxyl groups excluding tert-OH is 1. The third kappa shape index (κ3) is 2.71. The van der Waals surface area contributed by atoms with Gasteiger partial charge in [0.05, 0.1) is 5.56 Å². The van der Waals surface area contributed by atoms with Gasteiger partial charge in [0.2, 0.25) is 0 Å². The highest BCUT2D eigenvalue weighted by molar-refractivity contribution is 9.10. The van der Waals surface area contributed by atoms with E-state index in [1.807, 2.05) is 0 Å². The van der Waals surface area contributed by atoms with E-state index in [4.69, 9.17) is 5.11 Å². The van der Waals surface area contributed by atoms with Crippen molar-refractivity contribution in [2.45, 2.75) is 26.3 Å². The zero-order valence-electron chi connectivity index (χ0n) is 10.4. The highest BCUT2D eigenvalue weighted by atomic mass is 79.9. The molecule has 20 heavy (non-hydrogen) atoms. The van der Waals surface area contributed by atoms with Crippen LogP contribution in [0.4, 0.5) is 13.2 Å². The minimum absolute atomic E-state index is 0.0604. The van der Waals surface area contributed by atoms with Crippen LogP contribution in [0.5, 0.6) is 0 Å². The minimum atomic E-state index is -4.50. The fraction of sp³-hybridized carbons (Fsp3) is 0.333. The Morgan fingerprint density at radius 3 is 2.55 bits per heavy atom. The first-order valence-corrected chi connectivity index (χ1v) is 6.57. The zero-order chi connectivity index (χ0) is 14.9. The molecule has 2 rings (SSSR count). The van der Waals surface area contributed by atoms with E-state index in [1.54, 1.807) is 6.92 Å². The summed E-state index contributed by atoms with van der Waals surface area (Å²) < 4.78 is 41.1. The predicted molar refractivity (Wildman–Crippen MR) is 69.8 cm³/mol. The molecule has 0 unspecified atom stereocenters. The van der Waals surface area contributed by atoms with Crippen molar-refractivity contribution in [1.29, 1.82) is 0 Å². The van der Waals surface area contributed by atoms with E-state index >= 15 is 0 Å². The van der Waals surface area contributed by atoms with Crippen LogP contribution in [0.15, 0.2) is 22.7 Å². The van der Waals surface area contributed by atoms with Crippen molar-refractivity contribution in [3.05, 3.63) is 34.1 Å². The third-order valence-electron chi connectivity index (χ3n) is 2.81. The van der Waals surface area contributed by atoms with Crippen LogP contribution in [-0.4, -0.2) is 19.9 Å². The summed E-state index contributed by atoms with van der Waals surface area (Å²) in [6.07, 6.45) is -4.50.